The van der Waals surface area contributed by atoms with Gasteiger partial charge in [-0.3, -0.25) is 9.69 Å². The van der Waals surface area contributed by atoms with Crippen LogP contribution in [0.15, 0.2) is 30.3 Å². The molecule has 4 saturated heterocycles. The SMILES string of the molecule is CCOCCN1CC2(CC3CCC(C2)N3C[C@H]2CN(C(=O)CC(C)(C)C)C[C@@H]2c2ccccc2)N(C(C)C)C1=O.Cl. The molecule has 3 amide bonds. The fourth-order valence-corrected chi connectivity index (χ4v) is 8.33. The number of rotatable bonds is 9. The normalized spacial score (nSPS) is 30.1. The first-order valence-corrected chi connectivity index (χ1v) is 15.8. The summed E-state index contributed by atoms with van der Waals surface area (Å²) < 4.78 is 5.61. The number of benzene rings is 1. The zero-order valence-corrected chi connectivity index (χ0v) is 27.0. The number of piperidine rings is 1. The highest BCUT2D eigenvalue weighted by atomic mass is 35.5. The van der Waals surface area contributed by atoms with Gasteiger partial charge in [0.2, 0.25) is 5.91 Å². The van der Waals surface area contributed by atoms with E-state index in [4.69, 9.17) is 4.74 Å². The minimum atomic E-state index is -0.0803. The first kappa shape index (κ1) is 32.1. The molecule has 0 radical (unpaired) electrons. The van der Waals surface area contributed by atoms with E-state index >= 15 is 0 Å². The number of urea groups is 1. The third-order valence-corrected chi connectivity index (χ3v) is 9.85. The zero-order valence-electron chi connectivity index (χ0n) is 26.2. The molecular formula is C33H53ClN4O3. The number of halogens is 1. The van der Waals surface area contributed by atoms with Crippen molar-refractivity contribution in [3.63, 3.8) is 0 Å². The van der Waals surface area contributed by atoms with Crippen LogP contribution in [0.2, 0.25) is 0 Å². The Labute approximate surface area is 254 Å². The van der Waals surface area contributed by atoms with Crippen molar-refractivity contribution in [1.82, 2.24) is 19.6 Å². The summed E-state index contributed by atoms with van der Waals surface area (Å²) in [5.74, 6) is 1.09. The molecule has 0 aliphatic carbocycles. The van der Waals surface area contributed by atoms with E-state index in [2.05, 4.69) is 79.7 Å². The van der Waals surface area contributed by atoms with Gasteiger partial charge in [0.25, 0.3) is 0 Å². The maximum atomic E-state index is 13.6. The summed E-state index contributed by atoms with van der Waals surface area (Å²) in [5, 5.41) is 0. The van der Waals surface area contributed by atoms with E-state index in [-0.39, 0.29) is 35.4 Å². The van der Waals surface area contributed by atoms with Crippen LogP contribution < -0.4 is 0 Å². The lowest BCUT2D eigenvalue weighted by Crippen LogP contribution is -2.60. The van der Waals surface area contributed by atoms with Gasteiger partial charge in [0.1, 0.15) is 0 Å². The predicted octanol–water partition coefficient (Wildman–Crippen LogP) is 5.63. The van der Waals surface area contributed by atoms with Crippen LogP contribution in [0, 0.1) is 11.3 Å². The van der Waals surface area contributed by atoms with Gasteiger partial charge in [-0.15, -0.1) is 12.4 Å². The van der Waals surface area contributed by atoms with Crippen molar-refractivity contribution in [3.8, 4) is 0 Å². The Hall–Kier alpha value is -1.83. The zero-order chi connectivity index (χ0) is 28.7. The Bertz CT molecular complexity index is 1030. The molecule has 8 heteroatoms. The van der Waals surface area contributed by atoms with Gasteiger partial charge in [0, 0.05) is 69.8 Å². The van der Waals surface area contributed by atoms with Gasteiger partial charge in [0.05, 0.1) is 12.1 Å². The van der Waals surface area contributed by atoms with Crippen LogP contribution in [0.5, 0.6) is 0 Å². The van der Waals surface area contributed by atoms with Crippen molar-refractivity contribution >= 4 is 24.3 Å². The Morgan fingerprint density at radius 3 is 2.32 bits per heavy atom. The van der Waals surface area contributed by atoms with E-state index in [0.717, 1.165) is 39.0 Å². The number of ether oxygens (including phenoxy) is 1. The van der Waals surface area contributed by atoms with Crippen molar-refractivity contribution in [2.75, 3.05) is 45.9 Å². The van der Waals surface area contributed by atoms with Crippen LogP contribution in [0.4, 0.5) is 4.79 Å². The highest BCUT2D eigenvalue weighted by Gasteiger charge is 2.58. The monoisotopic (exact) mass is 588 g/mol. The molecule has 41 heavy (non-hydrogen) atoms. The van der Waals surface area contributed by atoms with Crippen molar-refractivity contribution in [1.29, 1.82) is 0 Å². The lowest BCUT2D eigenvalue weighted by molar-refractivity contribution is -0.132. The standard InChI is InChI=1S/C33H52N4O3.ClH/c1-7-40-16-15-34-23-33(37(24(2)3)31(34)39)17-27-13-14-28(18-33)36(27)21-26-20-35(30(38)19-32(4,5)6)22-29(26)25-11-9-8-10-12-25;/h8-12,24,26-29H,7,13-23H2,1-6H3;1H/t26-,27?,28?,29-,33?;/m1./s1. The van der Waals surface area contributed by atoms with Crippen LogP contribution >= 0.6 is 12.4 Å². The van der Waals surface area contributed by atoms with E-state index in [0.29, 0.717) is 56.0 Å². The number of carbonyl (C=O) groups is 2. The second kappa shape index (κ2) is 12.8. The first-order valence-electron chi connectivity index (χ1n) is 15.8. The third kappa shape index (κ3) is 6.73. The topological polar surface area (TPSA) is 56.3 Å². The van der Waals surface area contributed by atoms with E-state index in [9.17, 15) is 9.59 Å². The molecule has 4 heterocycles. The van der Waals surface area contributed by atoms with Gasteiger partial charge in [-0.2, -0.15) is 0 Å². The van der Waals surface area contributed by atoms with Gasteiger partial charge in [-0.05, 0) is 63.4 Å². The number of carbonyl (C=O) groups excluding carboxylic acids is 2. The fourth-order valence-electron chi connectivity index (χ4n) is 8.33. The summed E-state index contributed by atoms with van der Waals surface area (Å²) in [4.78, 5) is 36.1. The number of nitrogens with zero attached hydrogens (tertiary/aromatic N) is 4. The van der Waals surface area contributed by atoms with Gasteiger partial charge < -0.3 is 19.4 Å². The highest BCUT2D eigenvalue weighted by molar-refractivity contribution is 5.85. The maximum Gasteiger partial charge on any atom is 0.320 e. The molecule has 230 valence electrons. The number of amides is 3. The lowest BCUT2D eigenvalue weighted by atomic mass is 9.80. The molecule has 4 atom stereocenters. The Balaban J connectivity index is 0.00000387. The minimum absolute atomic E-state index is 0. The third-order valence-electron chi connectivity index (χ3n) is 9.85. The number of hydrogen-bond donors (Lipinski definition) is 0. The van der Waals surface area contributed by atoms with Crippen LogP contribution in [0.3, 0.4) is 0 Å². The second-order valence-electron chi connectivity index (χ2n) is 14.4. The van der Waals surface area contributed by atoms with Crippen molar-refractivity contribution < 1.29 is 14.3 Å². The molecule has 0 aromatic heterocycles. The van der Waals surface area contributed by atoms with E-state index in [1.54, 1.807) is 0 Å². The van der Waals surface area contributed by atoms with E-state index in [1.165, 1.54) is 18.4 Å². The Kier molecular flexibility index (Phi) is 10.0. The Morgan fingerprint density at radius 2 is 1.73 bits per heavy atom. The second-order valence-corrected chi connectivity index (χ2v) is 14.4. The Morgan fingerprint density at radius 1 is 1.07 bits per heavy atom. The molecule has 2 unspecified atom stereocenters. The summed E-state index contributed by atoms with van der Waals surface area (Å²) in [6.45, 7) is 18.3. The average molecular weight is 589 g/mol. The largest absolute Gasteiger partial charge is 0.380 e. The summed E-state index contributed by atoms with van der Waals surface area (Å²) in [7, 11) is 0. The van der Waals surface area contributed by atoms with E-state index in [1.807, 2.05) is 11.8 Å². The van der Waals surface area contributed by atoms with Crippen LogP contribution in [-0.2, 0) is 9.53 Å². The molecule has 1 aromatic carbocycles. The summed E-state index contributed by atoms with van der Waals surface area (Å²) >= 11 is 0. The summed E-state index contributed by atoms with van der Waals surface area (Å²) in [6, 6.07) is 12.2. The lowest BCUT2D eigenvalue weighted by Gasteiger charge is -2.50. The molecule has 0 saturated carbocycles. The molecular weight excluding hydrogens is 536 g/mol. The van der Waals surface area contributed by atoms with Gasteiger partial charge in [-0.25, -0.2) is 4.79 Å². The summed E-state index contributed by atoms with van der Waals surface area (Å²) in [6.07, 6.45) is 5.11. The maximum absolute atomic E-state index is 13.6. The molecule has 5 rings (SSSR count). The number of likely N-dealkylation sites (tertiary alicyclic amines) is 1. The molecule has 0 N–H and O–H groups in total. The van der Waals surface area contributed by atoms with Crippen molar-refractivity contribution in [2.45, 2.75) is 103 Å². The van der Waals surface area contributed by atoms with Crippen LogP contribution in [-0.4, -0.2) is 101 Å². The van der Waals surface area contributed by atoms with E-state index < -0.39 is 0 Å². The minimum Gasteiger partial charge on any atom is -0.380 e. The first-order chi connectivity index (χ1) is 19.0. The van der Waals surface area contributed by atoms with Crippen LogP contribution in [0.25, 0.3) is 0 Å². The van der Waals surface area contributed by atoms with Gasteiger partial charge in [-0.1, -0.05) is 51.1 Å². The predicted molar refractivity (Wildman–Crippen MR) is 166 cm³/mol. The van der Waals surface area contributed by atoms with Gasteiger partial charge in [0.15, 0.2) is 0 Å². The molecule has 1 spiro atoms. The number of hydrogen-bond acceptors (Lipinski definition) is 4. The molecule has 1 aromatic rings. The van der Waals surface area contributed by atoms with Gasteiger partial charge >= 0.3 is 6.03 Å². The molecule has 4 aliphatic heterocycles. The fraction of sp³-hybridized carbons (Fsp3) is 0.758. The van der Waals surface area contributed by atoms with Crippen LogP contribution in [0.1, 0.15) is 85.1 Å². The highest BCUT2D eigenvalue weighted by Crippen LogP contribution is 2.48. The molecule has 4 fully saturated rings. The van der Waals surface area contributed by atoms with Crippen molar-refractivity contribution in [2.24, 2.45) is 11.3 Å². The average Bonchev–Trinajstić information content (AvgIpc) is 3.50. The molecule has 7 nitrogen and oxygen atoms in total. The number of fused-ring (bicyclic) bond motifs is 2. The smallest absolute Gasteiger partial charge is 0.320 e. The molecule has 2 bridgehead atoms. The molecule has 4 aliphatic rings. The summed E-state index contributed by atoms with van der Waals surface area (Å²) in [5.41, 5.74) is 1.27. The van der Waals surface area contributed by atoms with Crippen molar-refractivity contribution in [3.05, 3.63) is 35.9 Å². The quantitative estimate of drug-likeness (QED) is 0.351.